The summed E-state index contributed by atoms with van der Waals surface area (Å²) < 4.78 is 2.03. The predicted octanol–water partition coefficient (Wildman–Crippen LogP) is 4.43. The zero-order chi connectivity index (χ0) is 20.8. The fraction of sp³-hybridized carbons (Fsp3) is 0.130. The second-order valence-corrected chi connectivity index (χ2v) is 7.77. The van der Waals surface area contributed by atoms with E-state index in [0.717, 1.165) is 28.2 Å². The number of benzene rings is 2. The Hall–Kier alpha value is -3.45. The Kier molecular flexibility index (Phi) is 6.20. The maximum absolute atomic E-state index is 12.4. The molecule has 150 valence electrons. The van der Waals surface area contributed by atoms with Crippen molar-refractivity contribution in [1.82, 2.24) is 19.7 Å². The van der Waals surface area contributed by atoms with Crippen molar-refractivity contribution < 1.29 is 4.79 Å². The summed E-state index contributed by atoms with van der Waals surface area (Å²) in [5.41, 5.74) is 3.87. The van der Waals surface area contributed by atoms with E-state index in [2.05, 4.69) is 32.6 Å². The number of aromatic nitrogens is 4. The van der Waals surface area contributed by atoms with Gasteiger partial charge in [-0.25, -0.2) is 0 Å². The summed E-state index contributed by atoms with van der Waals surface area (Å²) in [5, 5.41) is 12.4. The second-order valence-electron chi connectivity index (χ2n) is 6.83. The lowest BCUT2D eigenvalue weighted by molar-refractivity contribution is -0.113. The Morgan fingerprint density at radius 3 is 2.47 bits per heavy atom. The lowest BCUT2D eigenvalue weighted by Gasteiger charge is -2.11. The van der Waals surface area contributed by atoms with E-state index < -0.39 is 0 Å². The molecule has 0 saturated carbocycles. The molecule has 0 spiro atoms. The standard InChI is InChI=1S/C23H21N5OS/c1-17-12-19(14-24-13-17)22-26-27-23(28(22)15-18-8-4-2-5-9-18)30-16-21(29)25-20-10-6-3-7-11-20/h2-14H,15-16H2,1H3,(H,25,29). The monoisotopic (exact) mass is 415 g/mol. The molecule has 0 bridgehead atoms. The Bertz CT molecular complexity index is 1130. The lowest BCUT2D eigenvalue weighted by atomic mass is 10.2. The van der Waals surface area contributed by atoms with Crippen molar-refractivity contribution in [3.8, 4) is 11.4 Å². The first kappa shape index (κ1) is 19.8. The molecule has 1 N–H and O–H groups in total. The number of anilines is 1. The number of amides is 1. The van der Waals surface area contributed by atoms with E-state index in [9.17, 15) is 4.79 Å². The number of hydrogen-bond acceptors (Lipinski definition) is 5. The number of pyridine rings is 1. The van der Waals surface area contributed by atoms with Crippen molar-refractivity contribution in [2.75, 3.05) is 11.1 Å². The van der Waals surface area contributed by atoms with E-state index in [4.69, 9.17) is 0 Å². The molecule has 0 saturated heterocycles. The Morgan fingerprint density at radius 2 is 1.73 bits per heavy atom. The van der Waals surface area contributed by atoms with Gasteiger partial charge in [-0.2, -0.15) is 0 Å². The molecule has 0 atom stereocenters. The molecule has 2 heterocycles. The van der Waals surface area contributed by atoms with E-state index in [1.807, 2.05) is 72.3 Å². The van der Waals surface area contributed by atoms with Crippen molar-refractivity contribution in [3.05, 3.63) is 90.3 Å². The molecule has 0 fully saturated rings. The third kappa shape index (κ3) is 4.93. The third-order valence-corrected chi connectivity index (χ3v) is 5.39. The predicted molar refractivity (Wildman–Crippen MR) is 119 cm³/mol. The van der Waals surface area contributed by atoms with Gasteiger partial charge in [0.2, 0.25) is 5.91 Å². The van der Waals surface area contributed by atoms with Crippen LogP contribution in [0.3, 0.4) is 0 Å². The lowest BCUT2D eigenvalue weighted by Crippen LogP contribution is -2.14. The minimum atomic E-state index is -0.0840. The molecular weight excluding hydrogens is 394 g/mol. The highest BCUT2D eigenvalue weighted by molar-refractivity contribution is 7.99. The van der Waals surface area contributed by atoms with Gasteiger partial charge >= 0.3 is 0 Å². The van der Waals surface area contributed by atoms with Gasteiger partial charge in [0.05, 0.1) is 12.3 Å². The average molecular weight is 416 g/mol. The summed E-state index contributed by atoms with van der Waals surface area (Å²) >= 11 is 1.37. The highest BCUT2D eigenvalue weighted by Crippen LogP contribution is 2.25. The van der Waals surface area contributed by atoms with Crippen LogP contribution in [0, 0.1) is 6.92 Å². The van der Waals surface area contributed by atoms with Gasteiger partial charge in [0.15, 0.2) is 11.0 Å². The molecule has 7 heteroatoms. The molecule has 2 aromatic heterocycles. The van der Waals surface area contributed by atoms with E-state index in [1.165, 1.54) is 11.8 Å². The number of para-hydroxylation sites is 1. The molecule has 0 aliphatic rings. The number of aryl methyl sites for hydroxylation is 1. The molecule has 0 aliphatic carbocycles. The summed E-state index contributed by atoms with van der Waals surface area (Å²) in [6, 6.07) is 21.6. The number of nitrogens with one attached hydrogen (secondary N) is 1. The Labute approximate surface area is 179 Å². The van der Waals surface area contributed by atoms with Crippen LogP contribution in [0.4, 0.5) is 5.69 Å². The molecule has 4 aromatic rings. The number of thioether (sulfide) groups is 1. The van der Waals surface area contributed by atoms with Crippen LogP contribution >= 0.6 is 11.8 Å². The first-order valence-corrected chi connectivity index (χ1v) is 10.5. The minimum absolute atomic E-state index is 0.0840. The summed E-state index contributed by atoms with van der Waals surface area (Å²) in [6.07, 6.45) is 3.60. The van der Waals surface area contributed by atoms with Crippen LogP contribution in [-0.2, 0) is 11.3 Å². The van der Waals surface area contributed by atoms with Gasteiger partial charge in [0.1, 0.15) is 0 Å². The van der Waals surface area contributed by atoms with Crippen molar-refractivity contribution in [2.24, 2.45) is 0 Å². The number of rotatable bonds is 7. The highest BCUT2D eigenvalue weighted by atomic mass is 32.2. The molecule has 0 aliphatic heterocycles. The normalized spacial score (nSPS) is 10.7. The first-order chi connectivity index (χ1) is 14.7. The van der Waals surface area contributed by atoms with Crippen molar-refractivity contribution >= 4 is 23.4 Å². The first-order valence-electron chi connectivity index (χ1n) is 9.56. The molecule has 2 aromatic carbocycles. The topological polar surface area (TPSA) is 72.7 Å². The van der Waals surface area contributed by atoms with Crippen molar-refractivity contribution in [2.45, 2.75) is 18.6 Å². The van der Waals surface area contributed by atoms with Gasteiger partial charge < -0.3 is 5.32 Å². The second kappa shape index (κ2) is 9.37. The molecule has 4 rings (SSSR count). The summed E-state index contributed by atoms with van der Waals surface area (Å²) in [6.45, 7) is 2.61. The van der Waals surface area contributed by atoms with Gasteiger partial charge in [-0.3, -0.25) is 14.3 Å². The molecular formula is C23H21N5OS. The van der Waals surface area contributed by atoms with E-state index in [1.54, 1.807) is 6.20 Å². The molecule has 1 amide bonds. The smallest absolute Gasteiger partial charge is 0.234 e. The fourth-order valence-electron chi connectivity index (χ4n) is 3.04. The largest absolute Gasteiger partial charge is 0.325 e. The minimum Gasteiger partial charge on any atom is -0.325 e. The van der Waals surface area contributed by atoms with Gasteiger partial charge in [-0.1, -0.05) is 60.3 Å². The van der Waals surface area contributed by atoms with Crippen LogP contribution in [0.2, 0.25) is 0 Å². The maximum Gasteiger partial charge on any atom is 0.234 e. The van der Waals surface area contributed by atoms with Gasteiger partial charge in [-0.05, 0) is 36.2 Å². The quantitative estimate of drug-likeness (QED) is 0.452. The summed E-state index contributed by atoms with van der Waals surface area (Å²) in [7, 11) is 0. The number of hydrogen-bond donors (Lipinski definition) is 1. The number of nitrogens with zero attached hydrogens (tertiary/aromatic N) is 4. The van der Waals surface area contributed by atoms with Crippen molar-refractivity contribution in [3.63, 3.8) is 0 Å². The van der Waals surface area contributed by atoms with Crippen LogP contribution in [0.25, 0.3) is 11.4 Å². The van der Waals surface area contributed by atoms with Crippen LogP contribution in [0.1, 0.15) is 11.1 Å². The Morgan fingerprint density at radius 1 is 1.00 bits per heavy atom. The van der Waals surface area contributed by atoms with E-state index in [0.29, 0.717) is 11.7 Å². The maximum atomic E-state index is 12.4. The van der Waals surface area contributed by atoms with Crippen molar-refractivity contribution in [1.29, 1.82) is 0 Å². The van der Waals surface area contributed by atoms with Crippen LogP contribution in [0.15, 0.2) is 84.3 Å². The number of carbonyl (C=O) groups is 1. The fourth-order valence-corrected chi connectivity index (χ4v) is 3.78. The summed E-state index contributed by atoms with van der Waals surface area (Å²) in [5.74, 6) is 0.897. The Balaban J connectivity index is 1.56. The zero-order valence-corrected chi connectivity index (χ0v) is 17.3. The van der Waals surface area contributed by atoms with Crippen LogP contribution in [0.5, 0.6) is 0 Å². The molecule has 6 nitrogen and oxygen atoms in total. The summed E-state index contributed by atoms with van der Waals surface area (Å²) in [4.78, 5) is 16.7. The highest BCUT2D eigenvalue weighted by Gasteiger charge is 2.16. The van der Waals surface area contributed by atoms with Crippen LogP contribution < -0.4 is 5.32 Å². The average Bonchev–Trinajstić information content (AvgIpc) is 3.16. The van der Waals surface area contributed by atoms with Gasteiger partial charge in [0.25, 0.3) is 0 Å². The molecule has 30 heavy (non-hydrogen) atoms. The molecule has 0 radical (unpaired) electrons. The zero-order valence-electron chi connectivity index (χ0n) is 16.5. The third-order valence-electron chi connectivity index (χ3n) is 4.42. The number of carbonyl (C=O) groups excluding carboxylic acids is 1. The van der Waals surface area contributed by atoms with Crippen LogP contribution in [-0.4, -0.2) is 31.4 Å². The molecule has 0 unspecified atom stereocenters. The SMILES string of the molecule is Cc1cncc(-c2nnc(SCC(=O)Nc3ccccc3)n2Cc2ccccc2)c1. The van der Waals surface area contributed by atoms with Gasteiger partial charge in [-0.15, -0.1) is 10.2 Å². The van der Waals surface area contributed by atoms with Gasteiger partial charge in [0, 0.05) is 23.6 Å². The van der Waals surface area contributed by atoms with E-state index >= 15 is 0 Å². The van der Waals surface area contributed by atoms with E-state index in [-0.39, 0.29) is 11.7 Å².